The number of thioether (sulfide) groups is 1. The van der Waals surface area contributed by atoms with E-state index in [1.54, 1.807) is 11.8 Å². The second-order valence-corrected chi connectivity index (χ2v) is 4.90. The van der Waals surface area contributed by atoms with Gasteiger partial charge in [0, 0.05) is 16.3 Å². The summed E-state index contributed by atoms with van der Waals surface area (Å²) in [4.78, 5) is 1.17. The third-order valence-corrected chi connectivity index (χ3v) is 3.56. The minimum atomic E-state index is -0.458. The normalized spacial score (nSPS) is 12.3. The van der Waals surface area contributed by atoms with Gasteiger partial charge in [0.05, 0.1) is 6.10 Å². The summed E-state index contributed by atoms with van der Waals surface area (Å²) in [5.41, 5.74) is 7.23. The number of hydrogen-bond acceptors (Lipinski definition) is 3. The Labute approximate surface area is 105 Å². The number of nitrogen functional groups attached to an aromatic ring is 1. The Morgan fingerprint density at radius 1 is 1.00 bits per heavy atom. The molecule has 2 aromatic rings. The van der Waals surface area contributed by atoms with Crippen LogP contribution in [0.15, 0.2) is 59.5 Å². The number of aliphatic hydroxyl groups is 1. The van der Waals surface area contributed by atoms with Crippen LogP contribution in [0.4, 0.5) is 5.69 Å². The van der Waals surface area contributed by atoms with Gasteiger partial charge in [0.1, 0.15) is 0 Å². The first-order chi connectivity index (χ1) is 8.25. The van der Waals surface area contributed by atoms with E-state index >= 15 is 0 Å². The smallest absolute Gasteiger partial charge is 0.0883 e. The Morgan fingerprint density at radius 2 is 1.65 bits per heavy atom. The third-order valence-electron chi connectivity index (χ3n) is 2.47. The van der Waals surface area contributed by atoms with E-state index in [4.69, 9.17) is 5.73 Å². The van der Waals surface area contributed by atoms with Crippen LogP contribution in [-0.2, 0) is 0 Å². The first-order valence-electron chi connectivity index (χ1n) is 5.47. The van der Waals surface area contributed by atoms with Crippen LogP contribution in [0.3, 0.4) is 0 Å². The van der Waals surface area contributed by atoms with Crippen molar-refractivity contribution < 1.29 is 5.11 Å². The van der Waals surface area contributed by atoms with E-state index in [0.29, 0.717) is 5.75 Å². The molecule has 3 N–H and O–H groups in total. The van der Waals surface area contributed by atoms with Crippen LogP contribution in [0.1, 0.15) is 11.7 Å². The Hall–Kier alpha value is -1.45. The lowest BCUT2D eigenvalue weighted by Gasteiger charge is -2.10. The van der Waals surface area contributed by atoms with Crippen molar-refractivity contribution in [2.75, 3.05) is 11.5 Å². The van der Waals surface area contributed by atoms with Crippen LogP contribution < -0.4 is 5.73 Å². The lowest BCUT2D eigenvalue weighted by molar-refractivity contribution is 0.204. The summed E-state index contributed by atoms with van der Waals surface area (Å²) in [5, 5.41) is 10.0. The van der Waals surface area contributed by atoms with Gasteiger partial charge in [0.2, 0.25) is 0 Å². The maximum atomic E-state index is 10.0. The first-order valence-corrected chi connectivity index (χ1v) is 6.45. The molecule has 0 spiro atoms. The number of rotatable bonds is 4. The van der Waals surface area contributed by atoms with Gasteiger partial charge in [-0.1, -0.05) is 30.3 Å². The fourth-order valence-corrected chi connectivity index (χ4v) is 2.40. The predicted molar refractivity (Wildman–Crippen MR) is 73.0 cm³/mol. The second kappa shape index (κ2) is 5.75. The quantitative estimate of drug-likeness (QED) is 0.642. The predicted octanol–water partition coefficient (Wildman–Crippen LogP) is 3.09. The molecule has 88 valence electrons. The molecule has 2 rings (SSSR count). The molecule has 2 nitrogen and oxygen atoms in total. The SMILES string of the molecule is Nc1ccc(C(O)CSc2ccccc2)cc1. The molecule has 2 aromatic carbocycles. The van der Waals surface area contributed by atoms with Gasteiger partial charge in [-0.2, -0.15) is 0 Å². The van der Waals surface area contributed by atoms with Gasteiger partial charge < -0.3 is 10.8 Å². The highest BCUT2D eigenvalue weighted by atomic mass is 32.2. The molecule has 1 unspecified atom stereocenters. The summed E-state index contributed by atoms with van der Waals surface area (Å²) in [6, 6.07) is 17.4. The highest BCUT2D eigenvalue weighted by Crippen LogP contribution is 2.24. The van der Waals surface area contributed by atoms with Crippen LogP contribution >= 0.6 is 11.8 Å². The van der Waals surface area contributed by atoms with Crippen molar-refractivity contribution >= 4 is 17.4 Å². The van der Waals surface area contributed by atoms with Crippen LogP contribution in [0.2, 0.25) is 0 Å². The molecule has 17 heavy (non-hydrogen) atoms. The molecule has 0 heterocycles. The molecule has 0 aromatic heterocycles. The number of aliphatic hydroxyl groups excluding tert-OH is 1. The maximum absolute atomic E-state index is 10.0. The third kappa shape index (κ3) is 3.51. The fraction of sp³-hybridized carbons (Fsp3) is 0.143. The Bertz CT molecular complexity index is 455. The van der Waals surface area contributed by atoms with Crippen LogP contribution in [-0.4, -0.2) is 10.9 Å². The van der Waals surface area contributed by atoms with Crippen molar-refractivity contribution in [2.45, 2.75) is 11.0 Å². The van der Waals surface area contributed by atoms with Gasteiger partial charge in [-0.15, -0.1) is 11.8 Å². The van der Waals surface area contributed by atoms with Crippen molar-refractivity contribution in [1.82, 2.24) is 0 Å². The van der Waals surface area contributed by atoms with E-state index in [0.717, 1.165) is 11.3 Å². The lowest BCUT2D eigenvalue weighted by atomic mass is 10.1. The van der Waals surface area contributed by atoms with E-state index in [2.05, 4.69) is 0 Å². The van der Waals surface area contributed by atoms with Crippen LogP contribution in [0.5, 0.6) is 0 Å². The van der Waals surface area contributed by atoms with Gasteiger partial charge >= 0.3 is 0 Å². The number of nitrogens with two attached hydrogens (primary N) is 1. The van der Waals surface area contributed by atoms with E-state index in [1.807, 2.05) is 54.6 Å². The highest BCUT2D eigenvalue weighted by Gasteiger charge is 2.07. The summed E-state index contributed by atoms with van der Waals surface area (Å²) in [7, 11) is 0. The van der Waals surface area contributed by atoms with Gasteiger partial charge in [-0.05, 0) is 29.8 Å². The van der Waals surface area contributed by atoms with Crippen molar-refractivity contribution in [3.63, 3.8) is 0 Å². The lowest BCUT2D eigenvalue weighted by Crippen LogP contribution is -2.00. The minimum absolute atomic E-state index is 0.458. The average Bonchev–Trinajstić information content (AvgIpc) is 2.38. The molecule has 0 saturated carbocycles. The molecule has 0 fully saturated rings. The second-order valence-electron chi connectivity index (χ2n) is 3.81. The molecule has 0 bridgehead atoms. The van der Waals surface area contributed by atoms with Crippen LogP contribution in [0, 0.1) is 0 Å². The molecule has 0 amide bonds. The number of anilines is 1. The van der Waals surface area contributed by atoms with Gasteiger partial charge in [0.25, 0.3) is 0 Å². The molecule has 0 aliphatic heterocycles. The van der Waals surface area contributed by atoms with Crippen molar-refractivity contribution in [3.05, 3.63) is 60.2 Å². The maximum Gasteiger partial charge on any atom is 0.0883 e. The highest BCUT2D eigenvalue weighted by molar-refractivity contribution is 7.99. The monoisotopic (exact) mass is 245 g/mol. The van der Waals surface area contributed by atoms with E-state index in [9.17, 15) is 5.11 Å². The zero-order chi connectivity index (χ0) is 12.1. The summed E-state index contributed by atoms with van der Waals surface area (Å²) < 4.78 is 0. The first kappa shape index (κ1) is 12.0. The molecule has 1 atom stereocenters. The Morgan fingerprint density at radius 3 is 2.29 bits per heavy atom. The zero-order valence-corrected chi connectivity index (χ0v) is 10.2. The molecular formula is C14H15NOS. The topological polar surface area (TPSA) is 46.2 Å². The largest absolute Gasteiger partial charge is 0.399 e. The van der Waals surface area contributed by atoms with Crippen molar-refractivity contribution in [2.24, 2.45) is 0 Å². The zero-order valence-electron chi connectivity index (χ0n) is 9.41. The summed E-state index contributed by atoms with van der Waals surface area (Å²) in [5.74, 6) is 0.647. The molecule has 3 heteroatoms. The van der Waals surface area contributed by atoms with E-state index < -0.39 is 6.10 Å². The number of hydrogen-bond donors (Lipinski definition) is 2. The fourth-order valence-electron chi connectivity index (χ4n) is 1.51. The van der Waals surface area contributed by atoms with Crippen molar-refractivity contribution in [1.29, 1.82) is 0 Å². The molecule has 0 radical (unpaired) electrons. The molecule has 0 aliphatic carbocycles. The molecule has 0 aliphatic rings. The summed E-state index contributed by atoms with van der Waals surface area (Å²) in [6.45, 7) is 0. The van der Waals surface area contributed by atoms with E-state index in [-0.39, 0.29) is 0 Å². The molecule has 0 saturated heterocycles. The van der Waals surface area contributed by atoms with Crippen LogP contribution in [0.25, 0.3) is 0 Å². The standard InChI is InChI=1S/C14H15NOS/c15-12-8-6-11(7-9-12)14(16)10-17-13-4-2-1-3-5-13/h1-9,14,16H,10,15H2. The number of benzene rings is 2. The average molecular weight is 245 g/mol. The van der Waals surface area contributed by atoms with Gasteiger partial charge in [0.15, 0.2) is 0 Å². The van der Waals surface area contributed by atoms with E-state index in [1.165, 1.54) is 4.90 Å². The minimum Gasteiger partial charge on any atom is -0.399 e. The van der Waals surface area contributed by atoms with Gasteiger partial charge in [-0.3, -0.25) is 0 Å². The summed E-state index contributed by atoms with van der Waals surface area (Å²) >= 11 is 1.65. The summed E-state index contributed by atoms with van der Waals surface area (Å²) in [6.07, 6.45) is -0.458. The van der Waals surface area contributed by atoms with Gasteiger partial charge in [-0.25, -0.2) is 0 Å². The Balaban J connectivity index is 1.93. The molecular weight excluding hydrogens is 230 g/mol. The Kier molecular flexibility index (Phi) is 4.07. The van der Waals surface area contributed by atoms with Crippen molar-refractivity contribution in [3.8, 4) is 0 Å².